The Hall–Kier alpha value is -2.02. The third-order valence-corrected chi connectivity index (χ3v) is 2.54. The van der Waals surface area contributed by atoms with Crippen LogP contribution in [0.2, 0.25) is 0 Å². The number of carboxylic acids is 1. The molecule has 0 fully saturated rings. The number of aryl methyl sites for hydroxylation is 1. The van der Waals surface area contributed by atoms with Crippen molar-refractivity contribution < 1.29 is 23.5 Å². The summed E-state index contributed by atoms with van der Waals surface area (Å²) >= 11 is 0. The summed E-state index contributed by atoms with van der Waals surface area (Å²) in [5.41, 5.74) is 5.03. The number of halogens is 2. The van der Waals surface area contributed by atoms with Gasteiger partial charge < -0.3 is 16.2 Å². The number of anilines is 1. The molecule has 1 rings (SSSR count). The van der Waals surface area contributed by atoms with Crippen LogP contribution in [0.1, 0.15) is 18.4 Å². The first kappa shape index (κ1) is 15.0. The molecule has 1 atom stereocenters. The molecule has 4 N–H and O–H groups in total. The lowest BCUT2D eigenvalue weighted by Crippen LogP contribution is -2.36. The van der Waals surface area contributed by atoms with Crippen molar-refractivity contribution in [2.75, 3.05) is 5.32 Å². The smallest absolute Gasteiger partial charge is 0.303 e. The summed E-state index contributed by atoms with van der Waals surface area (Å²) in [6.45, 7) is 1.43. The normalized spacial score (nSPS) is 12.0. The molecule has 0 aromatic heterocycles. The molecule has 0 aliphatic carbocycles. The van der Waals surface area contributed by atoms with Gasteiger partial charge in [0.15, 0.2) is 5.82 Å². The average Bonchev–Trinajstić information content (AvgIpc) is 2.36. The van der Waals surface area contributed by atoms with Crippen LogP contribution in [0, 0.1) is 18.6 Å². The van der Waals surface area contributed by atoms with Crippen LogP contribution in [0.3, 0.4) is 0 Å². The van der Waals surface area contributed by atoms with E-state index in [0.29, 0.717) is 0 Å². The fraction of sp³-hybridized carbons (Fsp3) is 0.333. The van der Waals surface area contributed by atoms with Gasteiger partial charge in [-0.3, -0.25) is 9.59 Å². The molecule has 104 valence electrons. The van der Waals surface area contributed by atoms with Gasteiger partial charge in [0.2, 0.25) is 5.91 Å². The number of carbonyl (C=O) groups is 2. The van der Waals surface area contributed by atoms with E-state index in [1.54, 1.807) is 0 Å². The van der Waals surface area contributed by atoms with E-state index >= 15 is 0 Å². The van der Waals surface area contributed by atoms with E-state index in [9.17, 15) is 18.4 Å². The van der Waals surface area contributed by atoms with Crippen LogP contribution in [-0.4, -0.2) is 23.0 Å². The van der Waals surface area contributed by atoms with Gasteiger partial charge >= 0.3 is 5.97 Å². The predicted octanol–water partition coefficient (Wildman–Crippen LogP) is 1.40. The van der Waals surface area contributed by atoms with Crippen molar-refractivity contribution in [3.63, 3.8) is 0 Å². The highest BCUT2D eigenvalue weighted by molar-refractivity contribution is 5.95. The van der Waals surface area contributed by atoms with Crippen LogP contribution < -0.4 is 11.1 Å². The molecule has 0 saturated heterocycles. The van der Waals surface area contributed by atoms with Gasteiger partial charge in [0.1, 0.15) is 11.5 Å². The highest BCUT2D eigenvalue weighted by atomic mass is 19.1. The first-order chi connectivity index (χ1) is 8.82. The van der Waals surface area contributed by atoms with Crippen molar-refractivity contribution in [3.8, 4) is 0 Å². The summed E-state index contributed by atoms with van der Waals surface area (Å²) in [6, 6.07) is 1.12. The van der Waals surface area contributed by atoms with Crippen LogP contribution in [0.15, 0.2) is 12.1 Å². The van der Waals surface area contributed by atoms with Gasteiger partial charge in [-0.25, -0.2) is 8.78 Å². The van der Waals surface area contributed by atoms with E-state index in [1.807, 2.05) is 5.32 Å². The summed E-state index contributed by atoms with van der Waals surface area (Å²) in [6.07, 6.45) is -0.413. The van der Waals surface area contributed by atoms with Gasteiger partial charge in [0, 0.05) is 6.42 Å². The monoisotopic (exact) mass is 272 g/mol. The maximum atomic E-state index is 13.6. The highest BCUT2D eigenvalue weighted by Gasteiger charge is 2.19. The number of carboxylic acid groups (broad SMARTS) is 1. The Morgan fingerprint density at radius 1 is 1.42 bits per heavy atom. The molecule has 0 aliphatic heterocycles. The zero-order chi connectivity index (χ0) is 14.6. The van der Waals surface area contributed by atoms with Gasteiger partial charge in [-0.05, 0) is 25.0 Å². The number of amides is 1. The summed E-state index contributed by atoms with van der Waals surface area (Å²) < 4.78 is 27.0. The van der Waals surface area contributed by atoms with Crippen LogP contribution in [-0.2, 0) is 9.59 Å². The molecule has 1 aromatic rings. The number of hydrogen-bond donors (Lipinski definition) is 3. The lowest BCUT2D eigenvalue weighted by molar-refractivity contribution is -0.137. The zero-order valence-electron chi connectivity index (χ0n) is 10.2. The van der Waals surface area contributed by atoms with Crippen LogP contribution in [0.25, 0.3) is 0 Å². The molecule has 19 heavy (non-hydrogen) atoms. The minimum atomic E-state index is -1.14. The Bertz CT molecular complexity index is 506. The number of rotatable bonds is 5. The molecule has 0 heterocycles. The van der Waals surface area contributed by atoms with Gasteiger partial charge in [-0.15, -0.1) is 0 Å². The maximum absolute atomic E-state index is 13.6. The van der Waals surface area contributed by atoms with Crippen LogP contribution in [0.5, 0.6) is 0 Å². The lowest BCUT2D eigenvalue weighted by atomic mass is 10.1. The minimum absolute atomic E-state index is 0.115. The van der Waals surface area contributed by atoms with Crippen LogP contribution in [0.4, 0.5) is 14.5 Å². The van der Waals surface area contributed by atoms with Crippen molar-refractivity contribution in [2.45, 2.75) is 25.8 Å². The molecule has 0 saturated carbocycles. The van der Waals surface area contributed by atoms with Gasteiger partial charge in [-0.1, -0.05) is 6.07 Å². The number of benzene rings is 1. The first-order valence-corrected chi connectivity index (χ1v) is 5.55. The van der Waals surface area contributed by atoms with Crippen molar-refractivity contribution in [1.29, 1.82) is 0 Å². The molecule has 1 unspecified atom stereocenters. The second-order valence-corrected chi connectivity index (χ2v) is 4.08. The standard InChI is InChI=1S/C12H14F2N2O3/c1-6-2-3-7(13)11(10(6)14)16-12(19)8(15)4-5-9(17)18/h2-3,8H,4-5,15H2,1H3,(H,16,19)(H,17,18). The number of hydrogen-bond acceptors (Lipinski definition) is 3. The van der Waals surface area contributed by atoms with Gasteiger partial charge in [0.05, 0.1) is 6.04 Å². The number of carbonyl (C=O) groups excluding carboxylic acids is 1. The third-order valence-electron chi connectivity index (χ3n) is 2.54. The Morgan fingerprint density at radius 2 is 2.05 bits per heavy atom. The fourth-order valence-corrected chi connectivity index (χ4v) is 1.40. The van der Waals surface area contributed by atoms with E-state index in [1.165, 1.54) is 13.0 Å². The molecule has 1 aromatic carbocycles. The van der Waals surface area contributed by atoms with E-state index in [0.717, 1.165) is 6.07 Å². The van der Waals surface area contributed by atoms with E-state index < -0.39 is 35.2 Å². The number of nitrogens with one attached hydrogen (secondary N) is 1. The van der Waals surface area contributed by atoms with E-state index in [4.69, 9.17) is 10.8 Å². The number of aliphatic carboxylic acids is 1. The van der Waals surface area contributed by atoms with Crippen molar-refractivity contribution >= 4 is 17.6 Å². The molecular formula is C12H14F2N2O3. The maximum Gasteiger partial charge on any atom is 0.303 e. The summed E-state index contributed by atoms with van der Waals surface area (Å²) in [7, 11) is 0. The first-order valence-electron chi connectivity index (χ1n) is 5.55. The van der Waals surface area contributed by atoms with E-state index in [2.05, 4.69) is 0 Å². The van der Waals surface area contributed by atoms with E-state index in [-0.39, 0.29) is 18.4 Å². The average molecular weight is 272 g/mol. The second kappa shape index (κ2) is 6.24. The Labute approximate surface area is 108 Å². The summed E-state index contributed by atoms with van der Waals surface area (Å²) in [5, 5.41) is 10.5. The number of nitrogens with two attached hydrogens (primary N) is 1. The molecule has 0 radical (unpaired) electrons. The molecule has 0 spiro atoms. The molecule has 1 amide bonds. The molecule has 7 heteroatoms. The van der Waals surface area contributed by atoms with Crippen LogP contribution >= 0.6 is 0 Å². The second-order valence-electron chi connectivity index (χ2n) is 4.08. The van der Waals surface area contributed by atoms with Crippen molar-refractivity contribution in [2.24, 2.45) is 5.73 Å². The SMILES string of the molecule is Cc1ccc(F)c(NC(=O)C(N)CCC(=O)O)c1F. The van der Waals surface area contributed by atoms with Crippen molar-refractivity contribution in [1.82, 2.24) is 0 Å². The lowest BCUT2D eigenvalue weighted by Gasteiger charge is -2.13. The minimum Gasteiger partial charge on any atom is -0.481 e. The summed E-state index contributed by atoms with van der Waals surface area (Å²) in [5.74, 6) is -3.72. The van der Waals surface area contributed by atoms with Crippen molar-refractivity contribution in [3.05, 3.63) is 29.3 Å². The largest absolute Gasteiger partial charge is 0.481 e. The molecule has 5 nitrogen and oxygen atoms in total. The summed E-state index contributed by atoms with van der Waals surface area (Å²) in [4.78, 5) is 21.9. The Morgan fingerprint density at radius 3 is 2.63 bits per heavy atom. The molecule has 0 bridgehead atoms. The van der Waals surface area contributed by atoms with Gasteiger partial charge in [-0.2, -0.15) is 0 Å². The third kappa shape index (κ3) is 3.99. The quantitative estimate of drug-likeness (QED) is 0.755. The Kier molecular flexibility index (Phi) is 4.94. The zero-order valence-corrected chi connectivity index (χ0v) is 10.2. The fourth-order valence-electron chi connectivity index (χ4n) is 1.40. The molecule has 0 aliphatic rings. The highest BCUT2D eigenvalue weighted by Crippen LogP contribution is 2.21. The molecular weight excluding hydrogens is 258 g/mol. The van der Waals surface area contributed by atoms with Gasteiger partial charge in [0.25, 0.3) is 0 Å². The predicted molar refractivity (Wildman–Crippen MR) is 64.6 cm³/mol. The topological polar surface area (TPSA) is 92.4 Å². The Balaban J connectivity index is 2.77.